The van der Waals surface area contributed by atoms with E-state index in [-0.39, 0.29) is 24.7 Å². The van der Waals surface area contributed by atoms with Gasteiger partial charge in [0.1, 0.15) is 0 Å². The van der Waals surface area contributed by atoms with Gasteiger partial charge in [0.25, 0.3) is 5.91 Å². The molecular formula is C22H27NO5. The fraction of sp³-hybridized carbons (Fsp3) is 0.364. The van der Waals surface area contributed by atoms with Gasteiger partial charge in [-0.05, 0) is 41.7 Å². The number of nitrogens with zero attached hydrogens (tertiary/aromatic N) is 1. The van der Waals surface area contributed by atoms with Crippen LogP contribution in [0.3, 0.4) is 0 Å². The fourth-order valence-electron chi connectivity index (χ4n) is 2.70. The molecule has 0 heterocycles. The molecule has 0 radical (unpaired) electrons. The molecule has 0 saturated carbocycles. The number of aryl methyl sites for hydroxylation is 2. The summed E-state index contributed by atoms with van der Waals surface area (Å²) in [6.45, 7) is 2.28. The van der Waals surface area contributed by atoms with Crippen molar-refractivity contribution in [3.8, 4) is 11.5 Å². The third kappa shape index (κ3) is 6.30. The maximum absolute atomic E-state index is 12.2. The minimum absolute atomic E-state index is 0.0251. The van der Waals surface area contributed by atoms with Gasteiger partial charge in [0.2, 0.25) is 0 Å². The number of rotatable bonds is 9. The average Bonchev–Trinajstić information content (AvgIpc) is 2.71. The number of benzene rings is 2. The van der Waals surface area contributed by atoms with Gasteiger partial charge in [0.05, 0.1) is 7.11 Å². The third-order valence-corrected chi connectivity index (χ3v) is 4.49. The molecule has 0 aromatic heterocycles. The van der Waals surface area contributed by atoms with Crippen molar-refractivity contribution in [1.82, 2.24) is 4.90 Å². The number of carbonyl (C=O) groups is 2. The van der Waals surface area contributed by atoms with Crippen molar-refractivity contribution >= 4 is 11.9 Å². The van der Waals surface area contributed by atoms with E-state index in [2.05, 4.69) is 6.92 Å². The molecule has 1 N–H and O–H groups in total. The molecule has 0 fully saturated rings. The summed E-state index contributed by atoms with van der Waals surface area (Å²) in [6, 6.07) is 13.1. The van der Waals surface area contributed by atoms with E-state index in [1.54, 1.807) is 25.2 Å². The fourth-order valence-corrected chi connectivity index (χ4v) is 2.70. The number of phenols is 1. The predicted molar refractivity (Wildman–Crippen MR) is 106 cm³/mol. The minimum Gasteiger partial charge on any atom is -0.504 e. The number of phenolic OH excluding ortho intramolecular Hbond substituents is 1. The first kappa shape index (κ1) is 21.3. The van der Waals surface area contributed by atoms with E-state index < -0.39 is 5.97 Å². The van der Waals surface area contributed by atoms with Gasteiger partial charge >= 0.3 is 5.97 Å². The van der Waals surface area contributed by atoms with Crippen LogP contribution in [0.2, 0.25) is 0 Å². The van der Waals surface area contributed by atoms with E-state index in [1.807, 2.05) is 24.3 Å². The van der Waals surface area contributed by atoms with Crippen molar-refractivity contribution in [2.45, 2.75) is 32.7 Å². The molecule has 1 amide bonds. The summed E-state index contributed by atoms with van der Waals surface area (Å²) in [6.07, 6.45) is 1.51. The van der Waals surface area contributed by atoms with Gasteiger partial charge in [-0.15, -0.1) is 0 Å². The van der Waals surface area contributed by atoms with E-state index in [0.29, 0.717) is 18.7 Å². The topological polar surface area (TPSA) is 76.1 Å². The van der Waals surface area contributed by atoms with E-state index in [0.717, 1.165) is 17.5 Å². The van der Waals surface area contributed by atoms with Crippen LogP contribution in [0.1, 0.15) is 30.0 Å². The molecule has 150 valence electrons. The van der Waals surface area contributed by atoms with Crippen LogP contribution in [0.15, 0.2) is 42.5 Å². The monoisotopic (exact) mass is 385 g/mol. The Labute approximate surface area is 165 Å². The maximum Gasteiger partial charge on any atom is 0.306 e. The van der Waals surface area contributed by atoms with E-state index in [1.165, 1.54) is 17.6 Å². The number of hydrogen-bond donors (Lipinski definition) is 1. The first-order valence-corrected chi connectivity index (χ1v) is 9.26. The van der Waals surface area contributed by atoms with Crippen molar-refractivity contribution < 1.29 is 24.2 Å². The number of likely N-dealkylation sites (N-methyl/N-ethyl adjacent to an activating group) is 1. The average molecular weight is 385 g/mol. The maximum atomic E-state index is 12.2. The summed E-state index contributed by atoms with van der Waals surface area (Å²) in [5.41, 5.74) is 3.06. The molecular weight excluding hydrogens is 358 g/mol. The highest BCUT2D eigenvalue weighted by Gasteiger charge is 2.13. The van der Waals surface area contributed by atoms with Crippen LogP contribution in [0.25, 0.3) is 0 Å². The van der Waals surface area contributed by atoms with Crippen LogP contribution in [0, 0.1) is 0 Å². The van der Waals surface area contributed by atoms with Crippen LogP contribution in [0.4, 0.5) is 0 Å². The Morgan fingerprint density at radius 2 is 1.68 bits per heavy atom. The standard InChI is InChI=1S/C22H27NO5/c1-4-16-5-7-18(8-6-16)14-23(2)21(25)15-28-22(26)12-10-17-9-11-20(27-3)19(24)13-17/h5-9,11,13,24H,4,10,12,14-15H2,1-3H3. The highest BCUT2D eigenvalue weighted by atomic mass is 16.5. The summed E-state index contributed by atoms with van der Waals surface area (Å²) in [5.74, 6) is -0.305. The van der Waals surface area contributed by atoms with Crippen LogP contribution in [0.5, 0.6) is 11.5 Å². The van der Waals surface area contributed by atoms with Crippen molar-refractivity contribution in [2.75, 3.05) is 20.8 Å². The second kappa shape index (κ2) is 10.3. The molecule has 2 aromatic rings. The van der Waals surface area contributed by atoms with Crippen molar-refractivity contribution in [1.29, 1.82) is 0 Å². The highest BCUT2D eigenvalue weighted by molar-refractivity contribution is 5.80. The van der Waals surface area contributed by atoms with Crippen molar-refractivity contribution in [3.05, 3.63) is 59.2 Å². The van der Waals surface area contributed by atoms with Crippen LogP contribution in [-0.2, 0) is 33.7 Å². The Morgan fingerprint density at radius 3 is 2.29 bits per heavy atom. The number of carbonyl (C=O) groups excluding carboxylic acids is 2. The largest absolute Gasteiger partial charge is 0.504 e. The lowest BCUT2D eigenvalue weighted by atomic mass is 10.1. The molecule has 0 aliphatic rings. The molecule has 0 saturated heterocycles. The lowest BCUT2D eigenvalue weighted by Gasteiger charge is -2.17. The van der Waals surface area contributed by atoms with Crippen molar-refractivity contribution in [3.63, 3.8) is 0 Å². The Morgan fingerprint density at radius 1 is 1.04 bits per heavy atom. The lowest BCUT2D eigenvalue weighted by molar-refractivity contribution is -0.151. The third-order valence-electron chi connectivity index (χ3n) is 4.49. The van der Waals surface area contributed by atoms with Gasteiger partial charge in [0.15, 0.2) is 18.1 Å². The Hall–Kier alpha value is -3.02. The normalized spacial score (nSPS) is 10.4. The number of esters is 1. The first-order valence-electron chi connectivity index (χ1n) is 9.26. The quantitative estimate of drug-likeness (QED) is 0.671. The minimum atomic E-state index is -0.454. The number of ether oxygens (including phenoxy) is 2. The van der Waals surface area contributed by atoms with E-state index in [9.17, 15) is 14.7 Å². The van der Waals surface area contributed by atoms with Gasteiger partial charge in [-0.2, -0.15) is 0 Å². The predicted octanol–water partition coefficient (Wildman–Crippen LogP) is 3.10. The van der Waals surface area contributed by atoms with E-state index in [4.69, 9.17) is 9.47 Å². The molecule has 6 heteroatoms. The number of aromatic hydroxyl groups is 1. The summed E-state index contributed by atoms with van der Waals surface area (Å²) < 4.78 is 10.1. The lowest BCUT2D eigenvalue weighted by Crippen LogP contribution is -2.30. The molecule has 2 aromatic carbocycles. The van der Waals surface area contributed by atoms with Crippen LogP contribution >= 0.6 is 0 Å². The second-order valence-corrected chi connectivity index (χ2v) is 6.59. The van der Waals surface area contributed by atoms with Gasteiger partial charge in [-0.3, -0.25) is 9.59 Å². The molecule has 28 heavy (non-hydrogen) atoms. The smallest absolute Gasteiger partial charge is 0.306 e. The number of methoxy groups -OCH3 is 1. The molecule has 2 rings (SSSR count). The zero-order chi connectivity index (χ0) is 20.5. The zero-order valence-electron chi connectivity index (χ0n) is 16.6. The highest BCUT2D eigenvalue weighted by Crippen LogP contribution is 2.26. The summed E-state index contributed by atoms with van der Waals surface area (Å²) in [7, 11) is 3.16. The SMILES string of the molecule is CCc1ccc(CN(C)C(=O)COC(=O)CCc2ccc(OC)c(O)c2)cc1. The Balaban J connectivity index is 1.74. The van der Waals surface area contributed by atoms with Crippen molar-refractivity contribution in [2.24, 2.45) is 0 Å². The summed E-state index contributed by atoms with van der Waals surface area (Å²) in [5, 5.41) is 9.75. The number of hydrogen-bond acceptors (Lipinski definition) is 5. The van der Waals surface area contributed by atoms with Gasteiger partial charge in [-0.1, -0.05) is 37.3 Å². The molecule has 0 aliphatic carbocycles. The Kier molecular flexibility index (Phi) is 7.87. The number of amides is 1. The molecule has 0 unspecified atom stereocenters. The first-order chi connectivity index (χ1) is 13.4. The molecule has 6 nitrogen and oxygen atoms in total. The van der Waals surface area contributed by atoms with Gasteiger partial charge in [0, 0.05) is 20.0 Å². The van der Waals surface area contributed by atoms with Crippen LogP contribution in [-0.4, -0.2) is 42.6 Å². The summed E-state index contributed by atoms with van der Waals surface area (Å²) in [4.78, 5) is 25.6. The van der Waals surface area contributed by atoms with Gasteiger partial charge in [-0.25, -0.2) is 0 Å². The van der Waals surface area contributed by atoms with Crippen LogP contribution < -0.4 is 4.74 Å². The van der Waals surface area contributed by atoms with E-state index >= 15 is 0 Å². The van der Waals surface area contributed by atoms with Gasteiger partial charge < -0.3 is 19.5 Å². The second-order valence-electron chi connectivity index (χ2n) is 6.59. The zero-order valence-corrected chi connectivity index (χ0v) is 16.6. The molecule has 0 bridgehead atoms. The summed E-state index contributed by atoms with van der Waals surface area (Å²) >= 11 is 0. The molecule has 0 spiro atoms. The molecule has 0 atom stereocenters. The Bertz CT molecular complexity index is 801. The molecule has 0 aliphatic heterocycles.